The standard InChI is InChI=1S/C12H16/c1-4-6-12-8-7-10(3)9-11(12)5-2/h5-9H,4H2,1-3H3. The van der Waals surface area contributed by atoms with Crippen LogP contribution in [0.4, 0.5) is 0 Å². The second-order valence-corrected chi connectivity index (χ2v) is 3.03. The largest absolute Gasteiger partial charge is 0.0798 e. The molecule has 0 aliphatic rings. The maximum atomic E-state index is 2.26. The van der Waals surface area contributed by atoms with Gasteiger partial charge in [0.2, 0.25) is 0 Å². The van der Waals surface area contributed by atoms with Crippen molar-refractivity contribution in [1.82, 2.24) is 0 Å². The lowest BCUT2D eigenvalue weighted by Gasteiger charge is -1.92. The minimum Gasteiger partial charge on any atom is -0.0798 e. The Morgan fingerprint density at radius 3 is 2.58 bits per heavy atom. The third-order valence-electron chi connectivity index (χ3n) is 1.98. The highest BCUT2D eigenvalue weighted by molar-refractivity contribution is 5.32. The molecule has 0 radical (unpaired) electrons. The smallest absolute Gasteiger partial charge is 0.0227 e. The van der Waals surface area contributed by atoms with Crippen LogP contribution >= 0.6 is 0 Å². The molecule has 0 fully saturated rings. The van der Waals surface area contributed by atoms with Crippen molar-refractivity contribution in [3.8, 4) is 0 Å². The van der Waals surface area contributed by atoms with Gasteiger partial charge in [-0.05, 0) is 30.7 Å². The molecule has 0 bridgehead atoms. The summed E-state index contributed by atoms with van der Waals surface area (Å²) in [5.74, 6) is 0. The topological polar surface area (TPSA) is 0 Å². The second-order valence-electron chi connectivity index (χ2n) is 3.03. The molecule has 0 atom stereocenters. The fourth-order valence-corrected chi connectivity index (χ4v) is 1.35. The highest BCUT2D eigenvalue weighted by Gasteiger charge is 1.84. The molecule has 0 unspecified atom stereocenters. The van der Waals surface area contributed by atoms with Gasteiger partial charge in [-0.3, -0.25) is 0 Å². The van der Waals surface area contributed by atoms with E-state index < -0.39 is 0 Å². The van der Waals surface area contributed by atoms with Crippen LogP contribution in [0.3, 0.4) is 0 Å². The van der Waals surface area contributed by atoms with Crippen LogP contribution in [0.5, 0.6) is 0 Å². The molecule has 0 heteroatoms. The van der Waals surface area contributed by atoms with E-state index in [4.69, 9.17) is 0 Å². The summed E-state index contributed by atoms with van der Waals surface area (Å²) >= 11 is 0. The number of benzene rings is 1. The summed E-state index contributed by atoms with van der Waals surface area (Å²) in [7, 11) is 0. The Morgan fingerprint density at radius 2 is 2.00 bits per heavy atom. The van der Waals surface area contributed by atoms with E-state index in [1.165, 1.54) is 16.0 Å². The molecule has 1 aromatic carbocycles. The fraction of sp³-hybridized carbons (Fsp3) is 0.333. The zero-order chi connectivity index (χ0) is 8.97. The monoisotopic (exact) mass is 160 g/mol. The summed E-state index contributed by atoms with van der Waals surface area (Å²) in [6.07, 6.45) is 5.52. The number of rotatable bonds is 1. The maximum absolute atomic E-state index is 2.26. The Balaban J connectivity index is 3.42. The van der Waals surface area contributed by atoms with Gasteiger partial charge in [0.1, 0.15) is 0 Å². The van der Waals surface area contributed by atoms with E-state index in [-0.39, 0.29) is 0 Å². The quantitative estimate of drug-likeness (QED) is 0.589. The van der Waals surface area contributed by atoms with E-state index in [1.54, 1.807) is 0 Å². The van der Waals surface area contributed by atoms with Crippen LogP contribution in [-0.2, 0) is 0 Å². The van der Waals surface area contributed by atoms with Gasteiger partial charge in [0, 0.05) is 0 Å². The molecule has 1 aromatic rings. The van der Waals surface area contributed by atoms with Gasteiger partial charge in [-0.1, -0.05) is 42.8 Å². The van der Waals surface area contributed by atoms with Gasteiger partial charge in [-0.25, -0.2) is 0 Å². The van der Waals surface area contributed by atoms with Crippen LogP contribution < -0.4 is 10.4 Å². The molecule has 0 spiro atoms. The molecule has 0 N–H and O–H groups in total. The first-order chi connectivity index (χ1) is 5.77. The van der Waals surface area contributed by atoms with Crippen LogP contribution in [0.25, 0.3) is 12.2 Å². The first-order valence-electron chi connectivity index (χ1n) is 4.51. The molecule has 64 valence electrons. The van der Waals surface area contributed by atoms with Crippen molar-refractivity contribution >= 4 is 12.2 Å². The second kappa shape index (κ2) is 4.10. The Bertz CT molecular complexity index is 358. The van der Waals surface area contributed by atoms with Crippen molar-refractivity contribution in [1.29, 1.82) is 0 Å². The number of hydrogen-bond donors (Lipinski definition) is 0. The third-order valence-corrected chi connectivity index (χ3v) is 1.98. The zero-order valence-corrected chi connectivity index (χ0v) is 8.09. The van der Waals surface area contributed by atoms with Crippen molar-refractivity contribution in [3.05, 3.63) is 34.2 Å². The van der Waals surface area contributed by atoms with Gasteiger partial charge in [0.05, 0.1) is 0 Å². The summed E-state index contributed by atoms with van der Waals surface area (Å²) in [4.78, 5) is 0. The van der Waals surface area contributed by atoms with Crippen LogP contribution in [0, 0.1) is 6.92 Å². The molecule has 0 saturated carbocycles. The number of aryl methyl sites for hydroxylation is 1. The Labute approximate surface area is 74.2 Å². The first kappa shape index (κ1) is 9.05. The van der Waals surface area contributed by atoms with Crippen molar-refractivity contribution in [2.75, 3.05) is 0 Å². The molecular weight excluding hydrogens is 144 g/mol. The predicted octanol–water partition coefficient (Wildman–Crippen LogP) is 1.99. The molecule has 0 aliphatic heterocycles. The van der Waals surface area contributed by atoms with Crippen LogP contribution in [0.1, 0.15) is 25.8 Å². The van der Waals surface area contributed by atoms with E-state index in [9.17, 15) is 0 Å². The number of hydrogen-bond acceptors (Lipinski definition) is 0. The Kier molecular flexibility index (Phi) is 3.09. The fourth-order valence-electron chi connectivity index (χ4n) is 1.35. The average molecular weight is 160 g/mol. The van der Waals surface area contributed by atoms with Gasteiger partial charge in [-0.15, -0.1) is 0 Å². The van der Waals surface area contributed by atoms with E-state index in [0.29, 0.717) is 0 Å². The van der Waals surface area contributed by atoms with Gasteiger partial charge < -0.3 is 0 Å². The molecule has 0 amide bonds. The summed E-state index contributed by atoms with van der Waals surface area (Å²) < 4.78 is 0. The SMILES string of the molecule is CC=c1cc(C)ccc1=CCC. The van der Waals surface area contributed by atoms with E-state index in [2.05, 4.69) is 51.1 Å². The normalized spacial score (nSPS) is 13.9. The molecule has 0 saturated heterocycles. The lowest BCUT2D eigenvalue weighted by atomic mass is 10.1. The molecule has 0 heterocycles. The maximum Gasteiger partial charge on any atom is -0.0227 e. The van der Waals surface area contributed by atoms with Gasteiger partial charge >= 0.3 is 0 Å². The highest BCUT2D eigenvalue weighted by Crippen LogP contribution is 1.86. The molecule has 0 aromatic heterocycles. The van der Waals surface area contributed by atoms with Crippen molar-refractivity contribution in [2.45, 2.75) is 27.2 Å². The van der Waals surface area contributed by atoms with Crippen LogP contribution in [0.15, 0.2) is 18.2 Å². The zero-order valence-electron chi connectivity index (χ0n) is 8.09. The van der Waals surface area contributed by atoms with Gasteiger partial charge in [0.25, 0.3) is 0 Å². The van der Waals surface area contributed by atoms with Crippen molar-refractivity contribution < 1.29 is 0 Å². The van der Waals surface area contributed by atoms with Gasteiger partial charge in [-0.2, -0.15) is 0 Å². The average Bonchev–Trinajstić information content (AvgIpc) is 2.08. The van der Waals surface area contributed by atoms with E-state index >= 15 is 0 Å². The molecular formula is C12H16. The summed E-state index contributed by atoms with van der Waals surface area (Å²) in [6.45, 7) is 6.38. The third kappa shape index (κ3) is 1.97. The molecule has 12 heavy (non-hydrogen) atoms. The Morgan fingerprint density at radius 1 is 1.25 bits per heavy atom. The Hall–Kier alpha value is -1.04. The van der Waals surface area contributed by atoms with E-state index in [0.717, 1.165) is 6.42 Å². The molecule has 0 nitrogen and oxygen atoms in total. The summed E-state index contributed by atoms with van der Waals surface area (Å²) in [5.41, 5.74) is 1.33. The van der Waals surface area contributed by atoms with Crippen LogP contribution in [0.2, 0.25) is 0 Å². The predicted molar refractivity (Wildman–Crippen MR) is 55.3 cm³/mol. The molecule has 0 aliphatic carbocycles. The van der Waals surface area contributed by atoms with Crippen LogP contribution in [-0.4, -0.2) is 0 Å². The van der Waals surface area contributed by atoms with Crippen molar-refractivity contribution in [2.24, 2.45) is 0 Å². The minimum absolute atomic E-state index is 1.10. The minimum atomic E-state index is 1.10. The highest BCUT2D eigenvalue weighted by atomic mass is 13.9. The summed E-state index contributed by atoms with van der Waals surface area (Å²) in [6, 6.07) is 6.57. The lowest BCUT2D eigenvalue weighted by Crippen LogP contribution is -2.23. The summed E-state index contributed by atoms with van der Waals surface area (Å²) in [5, 5.41) is 2.70. The molecule has 1 rings (SSSR count). The first-order valence-corrected chi connectivity index (χ1v) is 4.51. The lowest BCUT2D eigenvalue weighted by molar-refractivity contribution is 1.27. The van der Waals surface area contributed by atoms with Crippen molar-refractivity contribution in [3.63, 3.8) is 0 Å². The van der Waals surface area contributed by atoms with Gasteiger partial charge in [0.15, 0.2) is 0 Å². The van der Waals surface area contributed by atoms with E-state index in [1.807, 2.05) is 0 Å².